The Morgan fingerprint density at radius 1 is 1.67 bits per heavy atom. The molecule has 2 nitrogen and oxygen atoms in total. The number of nitrogens with zero attached hydrogens (tertiary/aromatic N) is 1. The quantitative estimate of drug-likeness (QED) is 0.512. The molecule has 0 aromatic heterocycles. The first kappa shape index (κ1) is 4.91. The molecule has 1 heterocycles. The smallest absolute Gasteiger partial charge is 0.0427 e. The fourth-order valence-electron chi connectivity index (χ4n) is 1.24. The third kappa shape index (κ3) is 0.626. The van der Waals surface area contributed by atoms with Gasteiger partial charge in [0.15, 0.2) is 0 Å². The fourth-order valence-corrected chi connectivity index (χ4v) is 1.24. The maximum Gasteiger partial charge on any atom is 0.0427 e. The number of nitrogens with one attached hydrogen (secondary N) is 1. The normalized spacial score (nSPS) is 30.0. The lowest BCUT2D eigenvalue weighted by atomic mass is 10.1. The van der Waals surface area contributed by atoms with Crippen LogP contribution in [0.2, 0.25) is 0 Å². The Morgan fingerprint density at radius 2 is 2.44 bits per heavy atom. The van der Waals surface area contributed by atoms with Crippen LogP contribution in [0.5, 0.6) is 0 Å². The summed E-state index contributed by atoms with van der Waals surface area (Å²) in [6.45, 7) is 2.16. The fraction of sp³-hybridized carbons (Fsp3) is 0.429. The monoisotopic (exact) mass is 122 g/mol. The van der Waals surface area contributed by atoms with Gasteiger partial charge in [0.25, 0.3) is 0 Å². The Balaban J connectivity index is 2.24. The molecule has 1 aliphatic heterocycles. The van der Waals surface area contributed by atoms with Gasteiger partial charge in [0.2, 0.25) is 0 Å². The van der Waals surface area contributed by atoms with Crippen molar-refractivity contribution < 1.29 is 0 Å². The van der Waals surface area contributed by atoms with Crippen LogP contribution in [0.4, 0.5) is 0 Å². The van der Waals surface area contributed by atoms with E-state index < -0.39 is 0 Å². The lowest BCUT2D eigenvalue weighted by Crippen LogP contribution is -2.30. The molecule has 1 N–H and O–H groups in total. The van der Waals surface area contributed by atoms with Gasteiger partial charge in [-0.2, -0.15) is 0 Å². The summed E-state index contributed by atoms with van der Waals surface area (Å²) >= 11 is 0. The topological polar surface area (TPSA) is 15.3 Å². The molecule has 0 bridgehead atoms. The Kier molecular flexibility index (Phi) is 0.721. The molecule has 48 valence electrons. The average molecular weight is 122 g/mol. The third-order valence-electron chi connectivity index (χ3n) is 1.77. The van der Waals surface area contributed by atoms with E-state index in [1.807, 2.05) is 12.1 Å². The maximum atomic E-state index is 3.20. The summed E-state index contributed by atoms with van der Waals surface area (Å²) < 4.78 is 0. The van der Waals surface area contributed by atoms with Gasteiger partial charge in [-0.1, -0.05) is 0 Å². The van der Waals surface area contributed by atoms with Crippen LogP contribution < -0.4 is 5.43 Å². The van der Waals surface area contributed by atoms with Crippen molar-refractivity contribution in [1.82, 2.24) is 10.4 Å². The van der Waals surface area contributed by atoms with E-state index in [-0.39, 0.29) is 0 Å². The van der Waals surface area contributed by atoms with Gasteiger partial charge in [-0.15, -0.1) is 0 Å². The zero-order valence-electron chi connectivity index (χ0n) is 5.68. The van der Waals surface area contributed by atoms with Gasteiger partial charge in [0.05, 0.1) is 0 Å². The van der Waals surface area contributed by atoms with Crippen LogP contribution >= 0.6 is 0 Å². The first-order valence-corrected chi connectivity index (χ1v) is 3.17. The summed E-state index contributed by atoms with van der Waals surface area (Å²) in [5.74, 6) is 0.654. The molecule has 0 radical (unpaired) electrons. The number of allylic oxidation sites excluding steroid dienone is 2. The molecule has 0 aromatic carbocycles. The van der Waals surface area contributed by atoms with E-state index in [0.29, 0.717) is 5.92 Å². The van der Waals surface area contributed by atoms with Crippen LogP contribution in [0.3, 0.4) is 0 Å². The van der Waals surface area contributed by atoms with E-state index in [9.17, 15) is 0 Å². The standard InChI is InChI=1S/C7H10N2/c1-5-4-9(2)8-7-3-6(5)7/h3-4,6,8H,1-2H3. The molecule has 0 fully saturated rings. The Bertz CT molecular complexity index is 203. The van der Waals surface area contributed by atoms with Gasteiger partial charge in [0.1, 0.15) is 0 Å². The third-order valence-corrected chi connectivity index (χ3v) is 1.77. The molecule has 0 saturated heterocycles. The van der Waals surface area contributed by atoms with Crippen molar-refractivity contribution in [3.8, 4) is 0 Å². The summed E-state index contributed by atoms with van der Waals surface area (Å²) in [4.78, 5) is 0. The SMILES string of the molecule is CC1=CN(C)NC2=CC12. The van der Waals surface area contributed by atoms with E-state index >= 15 is 0 Å². The van der Waals surface area contributed by atoms with Crippen molar-refractivity contribution in [3.05, 3.63) is 23.5 Å². The molecule has 1 atom stereocenters. The predicted molar refractivity (Wildman–Crippen MR) is 36.2 cm³/mol. The van der Waals surface area contributed by atoms with E-state index in [1.165, 1.54) is 11.3 Å². The molecule has 1 unspecified atom stereocenters. The number of hydrogen-bond acceptors (Lipinski definition) is 2. The minimum Gasteiger partial charge on any atom is -0.303 e. The van der Waals surface area contributed by atoms with Gasteiger partial charge in [-0.05, 0) is 18.6 Å². The number of hydrogen-bond donors (Lipinski definition) is 1. The predicted octanol–water partition coefficient (Wildman–Crippen LogP) is 0.854. The van der Waals surface area contributed by atoms with Crippen molar-refractivity contribution >= 4 is 0 Å². The molecule has 0 amide bonds. The molecule has 0 aromatic rings. The van der Waals surface area contributed by atoms with E-state index in [2.05, 4.69) is 24.6 Å². The maximum absolute atomic E-state index is 3.20. The Labute approximate surface area is 54.8 Å². The largest absolute Gasteiger partial charge is 0.303 e. The Hall–Kier alpha value is -0.920. The van der Waals surface area contributed by atoms with Crippen LogP contribution in [-0.4, -0.2) is 12.1 Å². The highest BCUT2D eigenvalue weighted by atomic mass is 15.5. The van der Waals surface area contributed by atoms with Crippen LogP contribution in [-0.2, 0) is 0 Å². The molecular formula is C7H10N2. The number of hydrazine groups is 1. The molecule has 9 heavy (non-hydrogen) atoms. The molecule has 2 heteroatoms. The van der Waals surface area contributed by atoms with Crippen LogP contribution in [0.1, 0.15) is 6.92 Å². The summed E-state index contributed by atoms with van der Waals surface area (Å²) in [6.07, 6.45) is 4.35. The molecular weight excluding hydrogens is 112 g/mol. The minimum atomic E-state index is 0.654. The van der Waals surface area contributed by atoms with Gasteiger partial charge in [0, 0.05) is 24.9 Å². The zero-order valence-corrected chi connectivity index (χ0v) is 5.68. The Morgan fingerprint density at radius 3 is 3.11 bits per heavy atom. The molecule has 0 saturated carbocycles. The second-order valence-electron chi connectivity index (χ2n) is 2.70. The van der Waals surface area contributed by atoms with Crippen molar-refractivity contribution in [2.75, 3.05) is 7.05 Å². The van der Waals surface area contributed by atoms with Crippen LogP contribution in [0.25, 0.3) is 0 Å². The van der Waals surface area contributed by atoms with E-state index in [4.69, 9.17) is 0 Å². The summed E-state index contributed by atoms with van der Waals surface area (Å²) in [5.41, 5.74) is 6.00. The highest BCUT2D eigenvalue weighted by Gasteiger charge is 2.30. The molecule has 0 spiro atoms. The highest BCUT2D eigenvalue weighted by molar-refractivity contribution is 5.40. The molecule has 2 aliphatic rings. The lowest BCUT2D eigenvalue weighted by Gasteiger charge is -2.21. The second kappa shape index (κ2) is 1.32. The van der Waals surface area contributed by atoms with E-state index in [0.717, 1.165) is 0 Å². The lowest BCUT2D eigenvalue weighted by molar-refractivity contribution is 0.354. The number of rotatable bonds is 0. The van der Waals surface area contributed by atoms with Gasteiger partial charge < -0.3 is 5.43 Å². The first-order valence-electron chi connectivity index (χ1n) is 3.17. The van der Waals surface area contributed by atoms with Crippen LogP contribution in [0.15, 0.2) is 23.5 Å². The van der Waals surface area contributed by atoms with Crippen molar-refractivity contribution in [2.45, 2.75) is 6.92 Å². The molecule has 2 rings (SSSR count). The molecule has 1 aliphatic carbocycles. The highest BCUT2D eigenvalue weighted by Crippen LogP contribution is 2.35. The minimum absolute atomic E-state index is 0.654. The summed E-state index contributed by atoms with van der Waals surface area (Å²) in [7, 11) is 2.01. The van der Waals surface area contributed by atoms with Crippen molar-refractivity contribution in [3.63, 3.8) is 0 Å². The van der Waals surface area contributed by atoms with Gasteiger partial charge >= 0.3 is 0 Å². The summed E-state index contributed by atoms with van der Waals surface area (Å²) in [6, 6.07) is 0. The number of fused-ring (bicyclic) bond motifs is 1. The van der Waals surface area contributed by atoms with Crippen molar-refractivity contribution in [2.24, 2.45) is 5.92 Å². The zero-order chi connectivity index (χ0) is 6.43. The van der Waals surface area contributed by atoms with E-state index in [1.54, 1.807) is 0 Å². The van der Waals surface area contributed by atoms with Crippen LogP contribution in [0, 0.1) is 5.92 Å². The first-order chi connectivity index (χ1) is 4.27. The van der Waals surface area contributed by atoms with Gasteiger partial charge in [-0.25, -0.2) is 0 Å². The average Bonchev–Trinajstić information content (AvgIpc) is 2.43. The van der Waals surface area contributed by atoms with Gasteiger partial charge in [-0.3, -0.25) is 5.01 Å². The van der Waals surface area contributed by atoms with Crippen molar-refractivity contribution in [1.29, 1.82) is 0 Å². The summed E-state index contributed by atoms with van der Waals surface area (Å²) in [5, 5.41) is 1.99. The second-order valence-corrected chi connectivity index (χ2v) is 2.70.